The Bertz CT molecular complexity index is 1030. The van der Waals surface area contributed by atoms with Crippen LogP contribution in [0.5, 0.6) is 11.5 Å². The van der Waals surface area contributed by atoms with E-state index in [0.717, 1.165) is 29.8 Å². The summed E-state index contributed by atoms with van der Waals surface area (Å²) in [6.45, 7) is 1.40. The van der Waals surface area contributed by atoms with Crippen LogP contribution in [0.4, 0.5) is 17.3 Å². The number of anilines is 3. The summed E-state index contributed by atoms with van der Waals surface area (Å²) >= 11 is 0. The van der Waals surface area contributed by atoms with Gasteiger partial charge in [0.25, 0.3) is 0 Å². The zero-order chi connectivity index (χ0) is 21.6. The van der Waals surface area contributed by atoms with Gasteiger partial charge in [-0.15, -0.1) is 0 Å². The number of phenolic OH excluding ortho intramolecular Hbond substituents is 1. The third-order valence-electron chi connectivity index (χ3n) is 5.17. The first kappa shape index (κ1) is 20.6. The number of nitrogens with one attached hydrogen (secondary N) is 3. The summed E-state index contributed by atoms with van der Waals surface area (Å²) < 4.78 is 10.7. The van der Waals surface area contributed by atoms with Crippen LogP contribution < -0.4 is 15.4 Å². The molecule has 1 saturated heterocycles. The lowest BCUT2D eigenvalue weighted by Crippen LogP contribution is -2.29. The number of benzene rings is 2. The minimum atomic E-state index is 0.182. The standard InChI is InChI=1S/C23H25N5O3/c1-30-19-8-2-15(3-9-19)21(24)20-22(27-16-4-6-18(29)7-5-16)25-14-26-23(20)28-17-10-12-31-13-11-17/h2-9,14,17,24,29H,10-13H2,1H3,(H2,25,26,27,28). The van der Waals surface area contributed by atoms with Crippen molar-refractivity contribution in [3.63, 3.8) is 0 Å². The van der Waals surface area contributed by atoms with Crippen molar-refractivity contribution in [3.05, 3.63) is 66.0 Å². The Kier molecular flexibility index (Phi) is 6.28. The highest BCUT2D eigenvalue weighted by Crippen LogP contribution is 2.29. The monoisotopic (exact) mass is 419 g/mol. The number of phenols is 1. The Balaban J connectivity index is 1.71. The molecule has 4 N–H and O–H groups in total. The van der Waals surface area contributed by atoms with Crippen LogP contribution in [0.25, 0.3) is 0 Å². The molecule has 4 rings (SSSR count). The second kappa shape index (κ2) is 9.44. The maximum atomic E-state index is 9.57. The first-order valence-electron chi connectivity index (χ1n) is 10.1. The molecule has 0 bridgehead atoms. The minimum absolute atomic E-state index is 0.182. The molecule has 2 aromatic carbocycles. The number of hydrogen-bond acceptors (Lipinski definition) is 8. The molecule has 0 radical (unpaired) electrons. The fourth-order valence-corrected chi connectivity index (χ4v) is 3.45. The number of methoxy groups -OCH3 is 1. The topological polar surface area (TPSA) is 112 Å². The van der Waals surface area contributed by atoms with Crippen molar-refractivity contribution in [1.82, 2.24) is 9.97 Å². The molecule has 2 heterocycles. The van der Waals surface area contributed by atoms with Crippen molar-refractivity contribution in [2.24, 2.45) is 0 Å². The van der Waals surface area contributed by atoms with Gasteiger partial charge in [0.1, 0.15) is 29.5 Å². The van der Waals surface area contributed by atoms with Gasteiger partial charge in [-0.2, -0.15) is 0 Å². The van der Waals surface area contributed by atoms with Crippen LogP contribution in [-0.4, -0.2) is 47.2 Å². The summed E-state index contributed by atoms with van der Waals surface area (Å²) in [5.74, 6) is 2.02. The van der Waals surface area contributed by atoms with Crippen LogP contribution in [0.15, 0.2) is 54.9 Å². The largest absolute Gasteiger partial charge is 0.508 e. The number of aromatic nitrogens is 2. The molecule has 31 heavy (non-hydrogen) atoms. The summed E-state index contributed by atoms with van der Waals surface area (Å²) in [5, 5.41) is 25.2. The summed E-state index contributed by atoms with van der Waals surface area (Å²) in [5.41, 5.74) is 2.34. The Morgan fingerprint density at radius 3 is 2.39 bits per heavy atom. The maximum absolute atomic E-state index is 9.57. The van der Waals surface area contributed by atoms with Crippen molar-refractivity contribution < 1.29 is 14.6 Å². The lowest BCUT2D eigenvalue weighted by Gasteiger charge is -2.25. The Labute approximate surface area is 180 Å². The zero-order valence-electron chi connectivity index (χ0n) is 17.3. The number of hydrogen-bond donors (Lipinski definition) is 4. The highest BCUT2D eigenvalue weighted by molar-refractivity contribution is 6.16. The number of nitrogens with zero attached hydrogens (tertiary/aromatic N) is 2. The molecule has 1 aliphatic heterocycles. The highest BCUT2D eigenvalue weighted by atomic mass is 16.5. The van der Waals surface area contributed by atoms with Gasteiger partial charge in [0.15, 0.2) is 0 Å². The third kappa shape index (κ3) is 4.92. The van der Waals surface area contributed by atoms with Crippen molar-refractivity contribution >= 4 is 23.0 Å². The van der Waals surface area contributed by atoms with E-state index in [4.69, 9.17) is 14.9 Å². The first-order valence-corrected chi connectivity index (χ1v) is 10.1. The fraction of sp³-hybridized carbons (Fsp3) is 0.261. The van der Waals surface area contributed by atoms with E-state index < -0.39 is 0 Å². The van der Waals surface area contributed by atoms with Gasteiger partial charge in [-0.1, -0.05) is 0 Å². The van der Waals surface area contributed by atoms with Gasteiger partial charge in [-0.3, -0.25) is 5.41 Å². The van der Waals surface area contributed by atoms with Crippen LogP contribution in [0.3, 0.4) is 0 Å². The second-order valence-electron chi connectivity index (χ2n) is 7.25. The summed E-state index contributed by atoms with van der Waals surface area (Å²) in [6.07, 6.45) is 3.23. The molecule has 8 nitrogen and oxygen atoms in total. The Morgan fingerprint density at radius 1 is 1.03 bits per heavy atom. The minimum Gasteiger partial charge on any atom is -0.508 e. The lowest BCUT2D eigenvalue weighted by atomic mass is 10.0. The number of ether oxygens (including phenoxy) is 2. The van der Waals surface area contributed by atoms with E-state index in [1.54, 1.807) is 31.4 Å². The normalized spacial score (nSPS) is 14.1. The molecular formula is C23H25N5O3. The zero-order valence-corrected chi connectivity index (χ0v) is 17.3. The van der Waals surface area contributed by atoms with E-state index in [9.17, 15) is 5.11 Å². The maximum Gasteiger partial charge on any atom is 0.145 e. The van der Waals surface area contributed by atoms with Crippen LogP contribution in [0.1, 0.15) is 24.0 Å². The molecule has 1 aliphatic rings. The smallest absolute Gasteiger partial charge is 0.145 e. The third-order valence-corrected chi connectivity index (χ3v) is 5.17. The highest BCUT2D eigenvalue weighted by Gasteiger charge is 2.22. The first-order chi connectivity index (χ1) is 15.1. The molecule has 3 aromatic rings. The molecule has 0 aliphatic carbocycles. The van der Waals surface area contributed by atoms with Gasteiger partial charge < -0.3 is 25.2 Å². The Hall–Kier alpha value is -3.65. The molecule has 0 amide bonds. The molecule has 0 saturated carbocycles. The SMILES string of the molecule is COc1ccc(C(=N)c2c(Nc3ccc(O)cc3)ncnc2NC2CCOCC2)cc1. The second-order valence-corrected chi connectivity index (χ2v) is 7.25. The quantitative estimate of drug-likeness (QED) is 0.339. The lowest BCUT2D eigenvalue weighted by molar-refractivity contribution is 0.0904. The van der Waals surface area contributed by atoms with Gasteiger partial charge in [0.2, 0.25) is 0 Å². The molecule has 0 unspecified atom stereocenters. The predicted molar refractivity (Wildman–Crippen MR) is 120 cm³/mol. The van der Waals surface area contributed by atoms with Gasteiger partial charge >= 0.3 is 0 Å². The van der Waals surface area contributed by atoms with E-state index in [2.05, 4.69) is 20.6 Å². The summed E-state index contributed by atoms with van der Waals surface area (Å²) in [6, 6.07) is 14.3. The molecule has 0 atom stereocenters. The van der Waals surface area contributed by atoms with Crippen molar-refractivity contribution in [2.75, 3.05) is 31.0 Å². The van der Waals surface area contributed by atoms with E-state index in [0.29, 0.717) is 36.1 Å². The van der Waals surface area contributed by atoms with Gasteiger partial charge in [0, 0.05) is 30.5 Å². The fourth-order valence-electron chi connectivity index (χ4n) is 3.45. The van der Waals surface area contributed by atoms with E-state index in [1.807, 2.05) is 24.3 Å². The summed E-state index contributed by atoms with van der Waals surface area (Å²) in [7, 11) is 1.61. The van der Waals surface area contributed by atoms with E-state index in [-0.39, 0.29) is 11.8 Å². The average molecular weight is 419 g/mol. The number of aromatic hydroxyl groups is 1. The average Bonchev–Trinajstić information content (AvgIpc) is 2.81. The van der Waals surface area contributed by atoms with Crippen LogP contribution in [0.2, 0.25) is 0 Å². The molecular weight excluding hydrogens is 394 g/mol. The van der Waals surface area contributed by atoms with E-state index >= 15 is 0 Å². The molecule has 1 aromatic heterocycles. The van der Waals surface area contributed by atoms with Crippen LogP contribution in [-0.2, 0) is 4.74 Å². The molecule has 160 valence electrons. The van der Waals surface area contributed by atoms with Gasteiger partial charge in [0.05, 0.1) is 18.4 Å². The predicted octanol–water partition coefficient (Wildman–Crippen LogP) is 3.94. The van der Waals surface area contributed by atoms with Crippen molar-refractivity contribution in [2.45, 2.75) is 18.9 Å². The van der Waals surface area contributed by atoms with Crippen molar-refractivity contribution in [1.29, 1.82) is 5.41 Å². The van der Waals surface area contributed by atoms with E-state index in [1.165, 1.54) is 6.33 Å². The van der Waals surface area contributed by atoms with Gasteiger partial charge in [-0.25, -0.2) is 9.97 Å². The van der Waals surface area contributed by atoms with Crippen LogP contribution >= 0.6 is 0 Å². The summed E-state index contributed by atoms with van der Waals surface area (Å²) in [4.78, 5) is 8.88. The molecule has 1 fully saturated rings. The molecule has 8 heteroatoms. The Morgan fingerprint density at radius 2 is 1.71 bits per heavy atom. The molecule has 0 spiro atoms. The van der Waals surface area contributed by atoms with Crippen LogP contribution in [0, 0.1) is 5.41 Å². The number of rotatable bonds is 7. The van der Waals surface area contributed by atoms with Crippen molar-refractivity contribution in [3.8, 4) is 11.5 Å². The van der Waals surface area contributed by atoms with Gasteiger partial charge in [-0.05, 0) is 61.4 Å².